The van der Waals surface area contributed by atoms with E-state index in [1.54, 1.807) is 6.20 Å². The van der Waals surface area contributed by atoms with E-state index in [9.17, 15) is 0 Å². The number of nitrogens with zero attached hydrogens (tertiary/aromatic N) is 3. The van der Waals surface area contributed by atoms with Gasteiger partial charge >= 0.3 is 0 Å². The van der Waals surface area contributed by atoms with Gasteiger partial charge in [0.15, 0.2) is 0 Å². The first-order valence-electron chi connectivity index (χ1n) is 5.31. The van der Waals surface area contributed by atoms with Crippen LogP contribution in [0.25, 0.3) is 0 Å². The van der Waals surface area contributed by atoms with E-state index in [0.29, 0.717) is 0 Å². The average molecular weight is 208 g/mol. The molecule has 1 aromatic heterocycles. The standard InChI is InChI=1S/C11H20N4/c1-9-8-13-10(2)11(14-9)15(4)7-5-6-12-3/h8,12H,5-7H2,1-4H3. The van der Waals surface area contributed by atoms with E-state index in [-0.39, 0.29) is 0 Å². The third-order valence-corrected chi connectivity index (χ3v) is 2.33. The zero-order valence-corrected chi connectivity index (χ0v) is 10.0. The number of hydrogen-bond donors (Lipinski definition) is 1. The van der Waals surface area contributed by atoms with E-state index >= 15 is 0 Å². The van der Waals surface area contributed by atoms with E-state index in [2.05, 4.69) is 27.2 Å². The van der Waals surface area contributed by atoms with Crippen molar-refractivity contribution < 1.29 is 0 Å². The first-order chi connectivity index (χ1) is 7.15. The number of nitrogens with one attached hydrogen (secondary N) is 1. The lowest BCUT2D eigenvalue weighted by atomic mass is 10.3. The lowest BCUT2D eigenvalue weighted by Crippen LogP contribution is -2.24. The van der Waals surface area contributed by atoms with Crippen LogP contribution in [0.4, 0.5) is 5.82 Å². The number of hydrogen-bond acceptors (Lipinski definition) is 4. The number of aryl methyl sites for hydroxylation is 2. The molecule has 0 fully saturated rings. The van der Waals surface area contributed by atoms with E-state index in [0.717, 1.165) is 36.7 Å². The predicted octanol–water partition coefficient (Wildman–Crippen LogP) is 1.14. The lowest BCUT2D eigenvalue weighted by molar-refractivity contribution is 0.706. The normalized spacial score (nSPS) is 10.4. The molecule has 0 atom stereocenters. The van der Waals surface area contributed by atoms with Gasteiger partial charge in [-0.05, 0) is 33.9 Å². The largest absolute Gasteiger partial charge is 0.358 e. The van der Waals surface area contributed by atoms with Crippen LogP contribution >= 0.6 is 0 Å². The first kappa shape index (κ1) is 11.9. The Kier molecular flexibility index (Phi) is 4.49. The van der Waals surface area contributed by atoms with Crippen LogP contribution in [0.5, 0.6) is 0 Å². The van der Waals surface area contributed by atoms with Gasteiger partial charge < -0.3 is 10.2 Å². The van der Waals surface area contributed by atoms with Crippen LogP contribution < -0.4 is 10.2 Å². The Balaban J connectivity index is 2.64. The van der Waals surface area contributed by atoms with Crippen LogP contribution in [0, 0.1) is 13.8 Å². The molecule has 0 aliphatic heterocycles. The third kappa shape index (κ3) is 3.47. The summed E-state index contributed by atoms with van der Waals surface area (Å²) in [6.07, 6.45) is 2.92. The van der Waals surface area contributed by atoms with Crippen molar-refractivity contribution in [2.75, 3.05) is 32.1 Å². The molecule has 84 valence electrons. The van der Waals surface area contributed by atoms with Crippen molar-refractivity contribution in [3.63, 3.8) is 0 Å². The summed E-state index contributed by atoms with van der Waals surface area (Å²) < 4.78 is 0. The second kappa shape index (κ2) is 5.66. The summed E-state index contributed by atoms with van der Waals surface area (Å²) in [6, 6.07) is 0. The summed E-state index contributed by atoms with van der Waals surface area (Å²) in [7, 11) is 4.03. The Hall–Kier alpha value is -1.16. The highest BCUT2D eigenvalue weighted by Crippen LogP contribution is 2.13. The highest BCUT2D eigenvalue weighted by Gasteiger charge is 2.06. The van der Waals surface area contributed by atoms with Gasteiger partial charge in [-0.2, -0.15) is 0 Å². The van der Waals surface area contributed by atoms with Crippen LogP contribution in [0.15, 0.2) is 6.20 Å². The summed E-state index contributed by atoms with van der Waals surface area (Å²) >= 11 is 0. The van der Waals surface area contributed by atoms with Gasteiger partial charge in [0.25, 0.3) is 0 Å². The number of aromatic nitrogens is 2. The maximum absolute atomic E-state index is 4.49. The van der Waals surface area contributed by atoms with Gasteiger partial charge in [0.2, 0.25) is 0 Å². The quantitative estimate of drug-likeness (QED) is 0.737. The summed E-state index contributed by atoms with van der Waals surface area (Å²) in [5.74, 6) is 0.992. The zero-order valence-electron chi connectivity index (χ0n) is 10.0. The van der Waals surface area contributed by atoms with Gasteiger partial charge in [0.1, 0.15) is 5.82 Å². The van der Waals surface area contributed by atoms with Crippen molar-refractivity contribution in [3.8, 4) is 0 Å². The second-order valence-electron chi connectivity index (χ2n) is 3.80. The van der Waals surface area contributed by atoms with Crippen LogP contribution in [-0.2, 0) is 0 Å². The molecule has 0 radical (unpaired) electrons. The van der Waals surface area contributed by atoms with Crippen LogP contribution in [0.1, 0.15) is 17.8 Å². The van der Waals surface area contributed by atoms with Crippen molar-refractivity contribution in [1.82, 2.24) is 15.3 Å². The highest BCUT2D eigenvalue weighted by atomic mass is 15.2. The maximum atomic E-state index is 4.49. The van der Waals surface area contributed by atoms with Crippen molar-refractivity contribution in [1.29, 1.82) is 0 Å². The molecule has 0 spiro atoms. The molecule has 4 nitrogen and oxygen atoms in total. The second-order valence-corrected chi connectivity index (χ2v) is 3.80. The monoisotopic (exact) mass is 208 g/mol. The summed E-state index contributed by atoms with van der Waals surface area (Å²) in [6.45, 7) is 6.00. The molecule has 1 aromatic rings. The summed E-state index contributed by atoms with van der Waals surface area (Å²) in [5, 5.41) is 3.14. The molecular weight excluding hydrogens is 188 g/mol. The minimum absolute atomic E-state index is 0.969. The molecule has 0 aliphatic carbocycles. The van der Waals surface area contributed by atoms with E-state index in [1.165, 1.54) is 0 Å². The van der Waals surface area contributed by atoms with Gasteiger partial charge in [0.05, 0.1) is 11.4 Å². The highest BCUT2D eigenvalue weighted by molar-refractivity contribution is 5.42. The topological polar surface area (TPSA) is 41.0 Å². The minimum Gasteiger partial charge on any atom is -0.358 e. The average Bonchev–Trinajstić information content (AvgIpc) is 2.22. The summed E-state index contributed by atoms with van der Waals surface area (Å²) in [4.78, 5) is 11.0. The molecule has 0 unspecified atom stereocenters. The fourth-order valence-electron chi connectivity index (χ4n) is 1.49. The van der Waals surface area contributed by atoms with Gasteiger partial charge in [-0.1, -0.05) is 0 Å². The molecule has 1 heterocycles. The Labute approximate surface area is 91.7 Å². The Morgan fingerprint density at radius 3 is 2.80 bits per heavy atom. The van der Waals surface area contributed by atoms with Crippen molar-refractivity contribution in [3.05, 3.63) is 17.6 Å². The fraction of sp³-hybridized carbons (Fsp3) is 0.636. The zero-order chi connectivity index (χ0) is 11.3. The van der Waals surface area contributed by atoms with Crippen molar-refractivity contribution in [2.24, 2.45) is 0 Å². The molecule has 0 amide bonds. The molecule has 0 saturated carbocycles. The molecule has 0 aliphatic rings. The summed E-state index contributed by atoms with van der Waals surface area (Å²) in [5.41, 5.74) is 1.96. The van der Waals surface area contributed by atoms with Gasteiger partial charge in [-0.15, -0.1) is 0 Å². The smallest absolute Gasteiger partial charge is 0.150 e. The number of rotatable bonds is 5. The van der Waals surface area contributed by atoms with Crippen LogP contribution in [0.2, 0.25) is 0 Å². The van der Waals surface area contributed by atoms with E-state index < -0.39 is 0 Å². The Morgan fingerprint density at radius 1 is 1.40 bits per heavy atom. The molecular formula is C11H20N4. The van der Waals surface area contributed by atoms with Crippen molar-refractivity contribution in [2.45, 2.75) is 20.3 Å². The van der Waals surface area contributed by atoms with Crippen LogP contribution in [-0.4, -0.2) is 37.2 Å². The maximum Gasteiger partial charge on any atom is 0.150 e. The molecule has 0 aromatic carbocycles. The van der Waals surface area contributed by atoms with Gasteiger partial charge in [-0.3, -0.25) is 4.98 Å². The van der Waals surface area contributed by atoms with E-state index in [4.69, 9.17) is 0 Å². The van der Waals surface area contributed by atoms with Crippen molar-refractivity contribution >= 4 is 5.82 Å². The molecule has 0 saturated heterocycles. The van der Waals surface area contributed by atoms with Gasteiger partial charge in [-0.25, -0.2) is 4.98 Å². The fourth-order valence-corrected chi connectivity index (χ4v) is 1.49. The lowest BCUT2D eigenvalue weighted by Gasteiger charge is -2.19. The van der Waals surface area contributed by atoms with Crippen LogP contribution in [0.3, 0.4) is 0 Å². The molecule has 15 heavy (non-hydrogen) atoms. The Morgan fingerprint density at radius 2 is 2.13 bits per heavy atom. The predicted molar refractivity (Wildman–Crippen MR) is 63.3 cm³/mol. The number of anilines is 1. The third-order valence-electron chi connectivity index (χ3n) is 2.33. The minimum atomic E-state index is 0.969. The Bertz CT molecular complexity index is 311. The molecule has 1 rings (SSSR count). The van der Waals surface area contributed by atoms with E-state index in [1.807, 2.05) is 20.9 Å². The SMILES string of the molecule is CNCCCN(C)c1nc(C)cnc1C. The molecule has 4 heteroatoms. The van der Waals surface area contributed by atoms with Gasteiger partial charge in [0, 0.05) is 19.8 Å². The molecule has 1 N–H and O–H groups in total. The molecule has 0 bridgehead atoms. The first-order valence-corrected chi connectivity index (χ1v) is 5.31.